The molecule has 6 heteroatoms. The number of ether oxygens (including phenoxy) is 2. The lowest BCUT2D eigenvalue weighted by molar-refractivity contribution is -0.150. The molecule has 0 aliphatic heterocycles. The number of carbonyl (C=O) groups is 3. The van der Waals surface area contributed by atoms with Gasteiger partial charge in [0.25, 0.3) is 5.91 Å². The maximum Gasteiger partial charge on any atom is 0.344 e. The number of nitrogens with one attached hydrogen (secondary N) is 1. The largest absolute Gasteiger partial charge is 0.481 e. The zero-order valence-electron chi connectivity index (χ0n) is 14.2. The predicted octanol–water partition coefficient (Wildman–Crippen LogP) is 2.43. The molecule has 0 spiro atoms. The van der Waals surface area contributed by atoms with Crippen LogP contribution in [0.3, 0.4) is 0 Å². The van der Waals surface area contributed by atoms with Crippen LogP contribution < -0.4 is 10.1 Å². The third kappa shape index (κ3) is 6.79. The number of hydrogen-bond acceptors (Lipinski definition) is 5. The normalized spacial score (nSPS) is 13.5. The summed E-state index contributed by atoms with van der Waals surface area (Å²) in [6.07, 6.45) is 8.40. The molecule has 1 aromatic carbocycles. The van der Waals surface area contributed by atoms with Crippen molar-refractivity contribution in [2.45, 2.75) is 32.1 Å². The van der Waals surface area contributed by atoms with Crippen LogP contribution >= 0.6 is 0 Å². The Bertz CT molecular complexity index is 638. The lowest BCUT2D eigenvalue weighted by Gasteiger charge is -2.13. The van der Waals surface area contributed by atoms with Crippen molar-refractivity contribution in [1.29, 1.82) is 0 Å². The average Bonchev–Trinajstić information content (AvgIpc) is 2.65. The summed E-state index contributed by atoms with van der Waals surface area (Å²) in [4.78, 5) is 34.1. The molecule has 1 aromatic rings. The van der Waals surface area contributed by atoms with Crippen LogP contribution in [0, 0.1) is 0 Å². The van der Waals surface area contributed by atoms with Crippen molar-refractivity contribution in [2.75, 3.05) is 19.8 Å². The molecule has 1 N–H and O–H groups in total. The predicted molar refractivity (Wildman–Crippen MR) is 92.5 cm³/mol. The molecule has 0 bridgehead atoms. The minimum atomic E-state index is -0.661. The summed E-state index contributed by atoms with van der Waals surface area (Å²) in [6, 6.07) is 6.57. The third-order valence-electron chi connectivity index (χ3n) is 3.91. The highest BCUT2D eigenvalue weighted by Crippen LogP contribution is 2.19. The van der Waals surface area contributed by atoms with Gasteiger partial charge >= 0.3 is 5.97 Å². The Morgan fingerprint density at radius 2 is 2.00 bits per heavy atom. The Kier molecular flexibility index (Phi) is 7.69. The van der Waals surface area contributed by atoms with Gasteiger partial charge in [-0.3, -0.25) is 9.59 Å². The smallest absolute Gasteiger partial charge is 0.344 e. The topological polar surface area (TPSA) is 81.7 Å². The molecule has 25 heavy (non-hydrogen) atoms. The molecule has 134 valence electrons. The monoisotopic (exact) mass is 345 g/mol. The van der Waals surface area contributed by atoms with Gasteiger partial charge in [-0.25, -0.2) is 4.79 Å². The lowest BCUT2D eigenvalue weighted by atomic mass is 9.97. The summed E-state index contributed by atoms with van der Waals surface area (Å²) in [7, 11) is 0. The van der Waals surface area contributed by atoms with Crippen molar-refractivity contribution in [3.8, 4) is 5.75 Å². The summed E-state index contributed by atoms with van der Waals surface area (Å²) in [5, 5.41) is 2.73. The van der Waals surface area contributed by atoms with Crippen molar-refractivity contribution < 1.29 is 23.9 Å². The number of esters is 1. The van der Waals surface area contributed by atoms with E-state index in [1.807, 2.05) is 0 Å². The fourth-order valence-corrected chi connectivity index (χ4v) is 2.58. The molecule has 6 nitrogen and oxygen atoms in total. The van der Waals surface area contributed by atoms with E-state index in [4.69, 9.17) is 9.47 Å². The van der Waals surface area contributed by atoms with Crippen molar-refractivity contribution in [2.24, 2.45) is 0 Å². The molecule has 1 amide bonds. The minimum absolute atomic E-state index is 0.305. The number of hydrogen-bond donors (Lipinski definition) is 1. The van der Waals surface area contributed by atoms with Gasteiger partial charge in [0.15, 0.2) is 19.5 Å². The van der Waals surface area contributed by atoms with Gasteiger partial charge < -0.3 is 14.8 Å². The molecule has 0 fully saturated rings. The third-order valence-corrected chi connectivity index (χ3v) is 3.91. The van der Waals surface area contributed by atoms with E-state index < -0.39 is 5.97 Å². The maximum absolute atomic E-state index is 11.7. The maximum atomic E-state index is 11.7. The number of aldehydes is 1. The van der Waals surface area contributed by atoms with E-state index in [0.29, 0.717) is 24.1 Å². The van der Waals surface area contributed by atoms with Gasteiger partial charge in [-0.2, -0.15) is 0 Å². The van der Waals surface area contributed by atoms with Gasteiger partial charge in [0.05, 0.1) is 5.56 Å². The number of rotatable bonds is 9. The van der Waals surface area contributed by atoms with Gasteiger partial charge in [0.2, 0.25) is 0 Å². The van der Waals surface area contributed by atoms with E-state index in [1.54, 1.807) is 24.3 Å². The Morgan fingerprint density at radius 3 is 2.76 bits per heavy atom. The van der Waals surface area contributed by atoms with Crippen LogP contribution in [0.5, 0.6) is 5.75 Å². The zero-order chi connectivity index (χ0) is 17.9. The van der Waals surface area contributed by atoms with Gasteiger partial charge in [-0.15, -0.1) is 0 Å². The SMILES string of the molecule is O=Cc1ccccc1OCC(=O)OCC(=O)NCCC1=CCCCC1. The number of para-hydroxylation sites is 1. The highest BCUT2D eigenvalue weighted by Gasteiger charge is 2.10. The first kappa shape index (κ1) is 18.7. The molecule has 2 rings (SSSR count). The first-order valence-corrected chi connectivity index (χ1v) is 8.46. The van der Waals surface area contributed by atoms with Gasteiger partial charge in [-0.05, 0) is 44.2 Å². The van der Waals surface area contributed by atoms with E-state index in [0.717, 1.165) is 19.3 Å². The molecule has 0 saturated heterocycles. The molecule has 0 radical (unpaired) electrons. The van der Waals surface area contributed by atoms with Crippen LogP contribution in [0.15, 0.2) is 35.9 Å². The van der Waals surface area contributed by atoms with E-state index in [2.05, 4.69) is 11.4 Å². The molecule has 1 aliphatic rings. The molecule has 1 aliphatic carbocycles. The fourth-order valence-electron chi connectivity index (χ4n) is 2.58. The average molecular weight is 345 g/mol. The highest BCUT2D eigenvalue weighted by atomic mass is 16.6. The quantitative estimate of drug-likeness (QED) is 0.422. The van der Waals surface area contributed by atoms with E-state index in [9.17, 15) is 14.4 Å². The van der Waals surface area contributed by atoms with Crippen LogP contribution in [0.1, 0.15) is 42.5 Å². The molecule has 0 aromatic heterocycles. The second kappa shape index (κ2) is 10.3. The first-order valence-electron chi connectivity index (χ1n) is 8.46. The van der Waals surface area contributed by atoms with Crippen LogP contribution in [-0.2, 0) is 14.3 Å². The summed E-state index contributed by atoms with van der Waals surface area (Å²) in [5.74, 6) is -0.691. The Hall–Kier alpha value is -2.63. The Labute approximate surface area is 147 Å². The summed E-state index contributed by atoms with van der Waals surface area (Å²) in [5.41, 5.74) is 1.73. The van der Waals surface area contributed by atoms with Crippen LogP contribution in [0.4, 0.5) is 0 Å². The van der Waals surface area contributed by atoms with Crippen molar-refractivity contribution >= 4 is 18.2 Å². The van der Waals surface area contributed by atoms with E-state index in [-0.39, 0.29) is 19.1 Å². The minimum Gasteiger partial charge on any atom is -0.481 e. The Balaban J connectivity index is 1.61. The Morgan fingerprint density at radius 1 is 1.16 bits per heavy atom. The highest BCUT2D eigenvalue weighted by molar-refractivity contribution is 5.81. The molecular formula is C19H23NO5. The standard InChI is InChI=1S/C19H23NO5/c21-12-16-8-4-5-9-17(16)24-14-19(23)25-13-18(22)20-11-10-15-6-2-1-3-7-15/h4-6,8-9,12H,1-3,7,10-11,13-14H2,(H,20,22). The second-order valence-electron chi connectivity index (χ2n) is 5.81. The van der Waals surface area contributed by atoms with Gasteiger partial charge in [0.1, 0.15) is 5.75 Å². The number of benzene rings is 1. The number of amides is 1. The second-order valence-corrected chi connectivity index (χ2v) is 5.81. The van der Waals surface area contributed by atoms with Crippen molar-refractivity contribution in [3.63, 3.8) is 0 Å². The summed E-state index contributed by atoms with van der Waals surface area (Å²) < 4.78 is 10.1. The summed E-state index contributed by atoms with van der Waals surface area (Å²) in [6.45, 7) is -0.146. The van der Waals surface area contributed by atoms with E-state index >= 15 is 0 Å². The van der Waals surface area contributed by atoms with Crippen molar-refractivity contribution in [1.82, 2.24) is 5.32 Å². The van der Waals surface area contributed by atoms with Gasteiger partial charge in [0, 0.05) is 6.54 Å². The molecular weight excluding hydrogens is 322 g/mol. The summed E-state index contributed by atoms with van der Waals surface area (Å²) >= 11 is 0. The molecule has 0 unspecified atom stereocenters. The first-order chi connectivity index (χ1) is 12.2. The van der Waals surface area contributed by atoms with Crippen LogP contribution in [0.25, 0.3) is 0 Å². The molecule has 0 atom stereocenters. The lowest BCUT2D eigenvalue weighted by Crippen LogP contribution is -2.30. The van der Waals surface area contributed by atoms with Crippen LogP contribution in [0.2, 0.25) is 0 Å². The zero-order valence-corrected chi connectivity index (χ0v) is 14.2. The number of allylic oxidation sites excluding steroid dienone is 1. The molecule has 0 heterocycles. The molecule has 0 saturated carbocycles. The van der Waals surface area contributed by atoms with Crippen molar-refractivity contribution in [3.05, 3.63) is 41.5 Å². The fraction of sp³-hybridized carbons (Fsp3) is 0.421. The van der Waals surface area contributed by atoms with Crippen LogP contribution in [-0.4, -0.2) is 37.9 Å². The van der Waals surface area contributed by atoms with Gasteiger partial charge in [-0.1, -0.05) is 23.8 Å². The van der Waals surface area contributed by atoms with E-state index in [1.165, 1.54) is 18.4 Å². The number of carbonyl (C=O) groups excluding carboxylic acids is 3.